The molecule has 148 valence electrons. The van der Waals surface area contributed by atoms with E-state index in [-0.39, 0.29) is 25.2 Å². The Kier molecular flexibility index (Phi) is 8.34. The zero-order valence-corrected chi connectivity index (χ0v) is 17.8. The van der Waals surface area contributed by atoms with E-state index in [2.05, 4.69) is 36.4 Å². The third kappa shape index (κ3) is 6.34. The molecule has 3 N–H and O–H groups in total. The first-order valence-corrected chi connectivity index (χ1v) is 10.4. The van der Waals surface area contributed by atoms with Crippen molar-refractivity contribution in [2.24, 2.45) is 0 Å². The van der Waals surface area contributed by atoms with Crippen LogP contribution in [0.2, 0.25) is 0 Å². The summed E-state index contributed by atoms with van der Waals surface area (Å²) in [4.78, 5) is 0. The molecule has 2 aromatic carbocycles. The van der Waals surface area contributed by atoms with Gasteiger partial charge < -0.3 is 24.8 Å². The predicted octanol–water partition coefficient (Wildman–Crippen LogP) is 2.92. The topological polar surface area (TPSA) is 79.2 Å². The Bertz CT molecular complexity index is 625. The van der Waals surface area contributed by atoms with Crippen LogP contribution in [-0.2, 0) is 5.41 Å². The molecule has 6 heteroatoms. The summed E-state index contributed by atoms with van der Waals surface area (Å²) >= 11 is 2.13. The van der Waals surface area contributed by atoms with Crippen molar-refractivity contribution in [2.45, 2.75) is 31.5 Å². The molecule has 0 fully saturated rings. The molecule has 0 aliphatic rings. The second kappa shape index (κ2) is 10.3. The van der Waals surface area contributed by atoms with Crippen molar-refractivity contribution in [1.29, 1.82) is 0 Å². The van der Waals surface area contributed by atoms with Crippen LogP contribution in [0.4, 0.5) is 0 Å². The summed E-state index contributed by atoms with van der Waals surface area (Å²) in [5, 5.41) is 27.8. The highest BCUT2D eigenvalue weighted by molar-refractivity contribution is 14.1. The van der Waals surface area contributed by atoms with Crippen LogP contribution < -0.4 is 9.47 Å². The van der Waals surface area contributed by atoms with Crippen LogP contribution >= 0.6 is 22.6 Å². The lowest BCUT2D eigenvalue weighted by Gasteiger charge is -2.26. The SMILES string of the molecule is CC(C)(c1ccc(OC[C@H](O)CO)cc1)c1ccc(OC[C@@H](O)CI)cc1. The van der Waals surface area contributed by atoms with Gasteiger partial charge in [-0.1, -0.05) is 60.7 Å². The number of alkyl halides is 1. The average molecular weight is 486 g/mol. The molecule has 0 aliphatic heterocycles. The van der Waals surface area contributed by atoms with E-state index in [9.17, 15) is 10.2 Å². The zero-order chi connectivity index (χ0) is 19.9. The van der Waals surface area contributed by atoms with E-state index in [4.69, 9.17) is 14.6 Å². The van der Waals surface area contributed by atoms with Crippen molar-refractivity contribution >= 4 is 22.6 Å². The quantitative estimate of drug-likeness (QED) is 0.356. The van der Waals surface area contributed by atoms with Gasteiger partial charge in [0.15, 0.2) is 0 Å². The molecule has 5 nitrogen and oxygen atoms in total. The van der Waals surface area contributed by atoms with Crippen molar-refractivity contribution in [3.8, 4) is 11.5 Å². The monoisotopic (exact) mass is 486 g/mol. The molecule has 27 heavy (non-hydrogen) atoms. The maximum atomic E-state index is 9.59. The van der Waals surface area contributed by atoms with Crippen LogP contribution in [0.1, 0.15) is 25.0 Å². The Balaban J connectivity index is 2.04. The highest BCUT2D eigenvalue weighted by Crippen LogP contribution is 2.33. The van der Waals surface area contributed by atoms with Gasteiger partial charge in [0.05, 0.1) is 12.7 Å². The third-order valence-electron chi connectivity index (χ3n) is 4.43. The molecule has 0 aromatic heterocycles. The third-order valence-corrected chi connectivity index (χ3v) is 5.44. The number of ether oxygens (including phenoxy) is 2. The molecule has 0 spiro atoms. The Morgan fingerprint density at radius 1 is 0.815 bits per heavy atom. The number of benzene rings is 2. The van der Waals surface area contributed by atoms with Gasteiger partial charge in [0.25, 0.3) is 0 Å². The predicted molar refractivity (Wildman–Crippen MR) is 114 cm³/mol. The lowest BCUT2D eigenvalue weighted by Crippen LogP contribution is -2.21. The van der Waals surface area contributed by atoms with Gasteiger partial charge in [0.2, 0.25) is 0 Å². The van der Waals surface area contributed by atoms with Crippen LogP contribution in [0.3, 0.4) is 0 Å². The van der Waals surface area contributed by atoms with E-state index in [1.807, 2.05) is 48.5 Å². The van der Waals surface area contributed by atoms with Gasteiger partial charge in [-0.05, 0) is 35.4 Å². The average Bonchev–Trinajstić information content (AvgIpc) is 2.70. The zero-order valence-electron chi connectivity index (χ0n) is 15.6. The molecule has 2 atom stereocenters. The summed E-state index contributed by atoms with van der Waals surface area (Å²) in [5.74, 6) is 1.39. The van der Waals surface area contributed by atoms with Crippen LogP contribution in [-0.4, -0.2) is 51.8 Å². The number of aliphatic hydroxyl groups is 3. The fourth-order valence-corrected chi connectivity index (χ4v) is 2.84. The number of hydrogen-bond acceptors (Lipinski definition) is 5. The molecular formula is C21H27IO5. The Morgan fingerprint density at radius 3 is 1.59 bits per heavy atom. The highest BCUT2D eigenvalue weighted by Gasteiger charge is 2.23. The molecule has 0 radical (unpaired) electrons. The molecule has 0 bridgehead atoms. The second-order valence-corrected chi connectivity index (χ2v) is 7.82. The van der Waals surface area contributed by atoms with Crippen molar-refractivity contribution in [2.75, 3.05) is 24.2 Å². The number of halogens is 1. The second-order valence-electron chi connectivity index (χ2n) is 6.94. The van der Waals surface area contributed by atoms with E-state index >= 15 is 0 Å². The van der Waals surface area contributed by atoms with Crippen LogP contribution in [0.25, 0.3) is 0 Å². The van der Waals surface area contributed by atoms with E-state index in [0.717, 1.165) is 16.9 Å². The lowest BCUT2D eigenvalue weighted by atomic mass is 9.78. The van der Waals surface area contributed by atoms with Crippen LogP contribution in [0.5, 0.6) is 11.5 Å². The summed E-state index contributed by atoms with van der Waals surface area (Å²) in [7, 11) is 0. The van der Waals surface area contributed by atoms with Crippen molar-refractivity contribution in [3.63, 3.8) is 0 Å². The van der Waals surface area contributed by atoms with Gasteiger partial charge >= 0.3 is 0 Å². The first-order valence-electron chi connectivity index (χ1n) is 8.86. The lowest BCUT2D eigenvalue weighted by molar-refractivity contribution is 0.0536. The first kappa shape index (κ1) is 21.9. The smallest absolute Gasteiger partial charge is 0.119 e. The molecule has 0 saturated carbocycles. The van der Waals surface area contributed by atoms with E-state index in [0.29, 0.717) is 10.2 Å². The van der Waals surface area contributed by atoms with E-state index in [1.54, 1.807) is 0 Å². The molecule has 2 aromatic rings. The first-order chi connectivity index (χ1) is 12.9. The van der Waals surface area contributed by atoms with Gasteiger partial charge in [-0.2, -0.15) is 0 Å². The summed E-state index contributed by atoms with van der Waals surface area (Å²) in [6.45, 7) is 4.33. The molecular weight excluding hydrogens is 459 g/mol. The largest absolute Gasteiger partial charge is 0.491 e. The maximum Gasteiger partial charge on any atom is 0.119 e. The molecule has 0 amide bonds. The minimum atomic E-state index is -0.875. The Labute approximate surface area is 174 Å². The van der Waals surface area contributed by atoms with Gasteiger partial charge in [0.1, 0.15) is 30.8 Å². The molecule has 0 unspecified atom stereocenters. The molecule has 2 rings (SSSR count). The normalized spacial score (nSPS) is 13.9. The van der Waals surface area contributed by atoms with Crippen molar-refractivity contribution in [1.82, 2.24) is 0 Å². The van der Waals surface area contributed by atoms with Crippen molar-refractivity contribution < 1.29 is 24.8 Å². The Morgan fingerprint density at radius 2 is 1.22 bits per heavy atom. The fraction of sp³-hybridized carbons (Fsp3) is 0.429. The molecule has 0 saturated heterocycles. The van der Waals surface area contributed by atoms with Crippen LogP contribution in [0.15, 0.2) is 48.5 Å². The molecule has 0 aliphatic carbocycles. The highest BCUT2D eigenvalue weighted by atomic mass is 127. The maximum absolute atomic E-state index is 9.59. The number of aliphatic hydroxyl groups excluding tert-OH is 3. The molecule has 0 heterocycles. The van der Waals surface area contributed by atoms with Gasteiger partial charge in [0, 0.05) is 9.84 Å². The summed E-state index contributed by atoms with van der Waals surface area (Å²) < 4.78 is 11.7. The fourth-order valence-electron chi connectivity index (χ4n) is 2.58. The Hall–Kier alpha value is -1.35. The van der Waals surface area contributed by atoms with Gasteiger partial charge in [-0.3, -0.25) is 0 Å². The van der Waals surface area contributed by atoms with Gasteiger partial charge in [-0.15, -0.1) is 0 Å². The minimum absolute atomic E-state index is 0.0625. The number of hydrogen-bond donors (Lipinski definition) is 3. The van der Waals surface area contributed by atoms with E-state index in [1.165, 1.54) is 0 Å². The van der Waals surface area contributed by atoms with Crippen molar-refractivity contribution in [3.05, 3.63) is 59.7 Å². The summed E-state index contributed by atoms with van der Waals surface area (Å²) in [6.07, 6.45) is -1.33. The van der Waals surface area contributed by atoms with Gasteiger partial charge in [-0.25, -0.2) is 0 Å². The van der Waals surface area contributed by atoms with E-state index < -0.39 is 12.2 Å². The minimum Gasteiger partial charge on any atom is -0.491 e. The number of rotatable bonds is 10. The standard InChI is InChI=1S/C21H27IO5/c1-21(2,15-3-7-19(8-4-15)26-13-17(24)11-22)16-5-9-20(10-6-16)27-14-18(25)12-23/h3-10,17-18,23-25H,11-14H2,1-2H3/t17-,18+/m0/s1. The van der Waals surface area contributed by atoms with Crippen LogP contribution in [0, 0.1) is 0 Å². The summed E-state index contributed by atoms with van der Waals surface area (Å²) in [5.41, 5.74) is 2.07. The summed E-state index contributed by atoms with van der Waals surface area (Å²) in [6, 6.07) is 15.6.